The van der Waals surface area contributed by atoms with Gasteiger partial charge in [0.25, 0.3) is 0 Å². The number of hydrogen-bond donors (Lipinski definition) is 1. The fourth-order valence-electron chi connectivity index (χ4n) is 0.972. The van der Waals surface area contributed by atoms with Crippen LogP contribution >= 0.6 is 22.9 Å². The first-order valence-electron chi connectivity index (χ1n) is 4.05. The van der Waals surface area contributed by atoms with Crippen LogP contribution in [0.15, 0.2) is 24.5 Å². The summed E-state index contributed by atoms with van der Waals surface area (Å²) in [7, 11) is 0. The average Bonchev–Trinajstić information content (AvgIpc) is 2.56. The molecule has 0 aliphatic rings. The van der Waals surface area contributed by atoms with Crippen molar-refractivity contribution in [1.82, 2.24) is 9.97 Å². The molecule has 0 radical (unpaired) electrons. The van der Waals surface area contributed by atoms with Crippen LogP contribution in [0, 0.1) is 6.92 Å². The van der Waals surface area contributed by atoms with Gasteiger partial charge in [0.2, 0.25) is 0 Å². The Morgan fingerprint density at radius 2 is 2.14 bits per heavy atom. The summed E-state index contributed by atoms with van der Waals surface area (Å²) < 4.78 is 0. The number of aryl methyl sites for hydroxylation is 1. The predicted octanol–water partition coefficient (Wildman–Crippen LogP) is 3.24. The van der Waals surface area contributed by atoms with Crippen LogP contribution in [0.4, 0.5) is 10.9 Å². The van der Waals surface area contributed by atoms with Crippen molar-refractivity contribution in [1.29, 1.82) is 0 Å². The molecule has 0 fully saturated rings. The lowest BCUT2D eigenvalue weighted by Gasteiger charge is -1.99. The van der Waals surface area contributed by atoms with Crippen LogP contribution in [0.5, 0.6) is 0 Å². The van der Waals surface area contributed by atoms with Gasteiger partial charge in [-0.15, -0.1) is 11.3 Å². The molecule has 0 bridgehead atoms. The molecule has 2 aromatic rings. The fraction of sp³-hybridized carbons (Fsp3) is 0.111. The Labute approximate surface area is 90.8 Å². The Morgan fingerprint density at radius 1 is 1.29 bits per heavy atom. The van der Waals surface area contributed by atoms with Crippen molar-refractivity contribution in [3.8, 4) is 0 Å². The molecule has 2 rings (SSSR count). The third-order valence-corrected chi connectivity index (χ3v) is 2.64. The van der Waals surface area contributed by atoms with Crippen molar-refractivity contribution in [2.24, 2.45) is 0 Å². The van der Waals surface area contributed by atoms with Crippen molar-refractivity contribution in [3.05, 3.63) is 34.4 Å². The van der Waals surface area contributed by atoms with Crippen molar-refractivity contribution in [2.75, 3.05) is 5.32 Å². The SMILES string of the molecule is Cc1cnc(Nc2ccc(Cl)cn2)s1. The number of nitrogens with zero attached hydrogens (tertiary/aromatic N) is 2. The molecule has 0 saturated carbocycles. The molecule has 0 spiro atoms. The molecular formula is C9H8ClN3S. The monoisotopic (exact) mass is 225 g/mol. The molecule has 5 heteroatoms. The van der Waals surface area contributed by atoms with E-state index in [9.17, 15) is 0 Å². The molecule has 0 aliphatic heterocycles. The first-order chi connectivity index (χ1) is 6.74. The lowest BCUT2D eigenvalue weighted by Crippen LogP contribution is -1.91. The summed E-state index contributed by atoms with van der Waals surface area (Å²) in [6.45, 7) is 2.01. The highest BCUT2D eigenvalue weighted by Gasteiger charge is 1.99. The Balaban J connectivity index is 2.15. The van der Waals surface area contributed by atoms with E-state index < -0.39 is 0 Å². The third-order valence-electron chi connectivity index (χ3n) is 1.58. The Hall–Kier alpha value is -1.13. The van der Waals surface area contributed by atoms with E-state index in [0.29, 0.717) is 5.02 Å². The molecule has 2 aromatic heterocycles. The molecule has 3 nitrogen and oxygen atoms in total. The van der Waals surface area contributed by atoms with E-state index in [0.717, 1.165) is 10.9 Å². The number of pyridine rings is 1. The van der Waals surface area contributed by atoms with Gasteiger partial charge < -0.3 is 5.32 Å². The van der Waals surface area contributed by atoms with Gasteiger partial charge in [-0.25, -0.2) is 9.97 Å². The minimum atomic E-state index is 0.630. The number of anilines is 2. The van der Waals surface area contributed by atoms with E-state index in [1.165, 1.54) is 4.88 Å². The second kappa shape index (κ2) is 3.94. The minimum Gasteiger partial charge on any atom is -0.316 e. The molecule has 0 atom stereocenters. The van der Waals surface area contributed by atoms with E-state index in [2.05, 4.69) is 15.3 Å². The summed E-state index contributed by atoms with van der Waals surface area (Å²) in [6.07, 6.45) is 3.42. The van der Waals surface area contributed by atoms with Gasteiger partial charge in [0.15, 0.2) is 5.13 Å². The average molecular weight is 226 g/mol. The van der Waals surface area contributed by atoms with Crippen LogP contribution in [0.25, 0.3) is 0 Å². The Bertz CT molecular complexity index is 424. The van der Waals surface area contributed by atoms with E-state index in [1.807, 2.05) is 19.2 Å². The highest BCUT2D eigenvalue weighted by molar-refractivity contribution is 7.15. The normalized spacial score (nSPS) is 10.1. The number of halogens is 1. The standard InChI is InChI=1S/C9H8ClN3S/c1-6-4-12-9(14-6)13-8-3-2-7(10)5-11-8/h2-5H,1H3,(H,11,12,13). The van der Waals surface area contributed by atoms with Crippen LogP contribution in [0.1, 0.15) is 4.88 Å². The maximum atomic E-state index is 5.72. The van der Waals surface area contributed by atoms with Crippen molar-refractivity contribution in [3.63, 3.8) is 0 Å². The van der Waals surface area contributed by atoms with Crippen LogP contribution in [-0.2, 0) is 0 Å². The number of hydrogen-bond acceptors (Lipinski definition) is 4. The highest BCUT2D eigenvalue weighted by atomic mass is 35.5. The van der Waals surface area contributed by atoms with E-state index in [4.69, 9.17) is 11.6 Å². The lowest BCUT2D eigenvalue weighted by atomic mass is 10.5. The maximum absolute atomic E-state index is 5.72. The maximum Gasteiger partial charge on any atom is 0.188 e. The molecule has 0 aromatic carbocycles. The topological polar surface area (TPSA) is 37.8 Å². The van der Waals surface area contributed by atoms with Gasteiger partial charge >= 0.3 is 0 Å². The predicted molar refractivity (Wildman–Crippen MR) is 59.4 cm³/mol. The van der Waals surface area contributed by atoms with Crippen molar-refractivity contribution < 1.29 is 0 Å². The Kier molecular flexibility index (Phi) is 2.65. The summed E-state index contributed by atoms with van der Waals surface area (Å²) in [4.78, 5) is 9.44. The van der Waals surface area contributed by atoms with Gasteiger partial charge in [0.1, 0.15) is 5.82 Å². The van der Waals surface area contributed by atoms with Crippen LogP contribution in [0.2, 0.25) is 5.02 Å². The number of aromatic nitrogens is 2. The van der Waals surface area contributed by atoms with Gasteiger partial charge in [0.05, 0.1) is 5.02 Å². The number of thiazole rings is 1. The third kappa shape index (κ3) is 2.21. The molecule has 72 valence electrons. The summed E-state index contributed by atoms with van der Waals surface area (Å²) >= 11 is 7.31. The zero-order chi connectivity index (χ0) is 9.97. The van der Waals surface area contributed by atoms with Crippen molar-refractivity contribution in [2.45, 2.75) is 6.92 Å². The molecule has 0 unspecified atom stereocenters. The van der Waals surface area contributed by atoms with Crippen LogP contribution in [0.3, 0.4) is 0 Å². The summed E-state index contributed by atoms with van der Waals surface area (Å²) in [5.74, 6) is 0.753. The van der Waals surface area contributed by atoms with Gasteiger partial charge in [0, 0.05) is 17.3 Å². The number of nitrogens with one attached hydrogen (secondary N) is 1. The summed E-state index contributed by atoms with van der Waals surface area (Å²) in [6, 6.07) is 3.61. The van der Waals surface area contributed by atoms with Crippen LogP contribution < -0.4 is 5.32 Å². The molecule has 1 N–H and O–H groups in total. The second-order valence-corrected chi connectivity index (χ2v) is 4.43. The molecule has 0 saturated heterocycles. The van der Waals surface area contributed by atoms with E-state index in [-0.39, 0.29) is 0 Å². The first-order valence-corrected chi connectivity index (χ1v) is 5.24. The smallest absolute Gasteiger partial charge is 0.188 e. The van der Waals surface area contributed by atoms with E-state index >= 15 is 0 Å². The van der Waals surface area contributed by atoms with Gasteiger partial charge in [-0.3, -0.25) is 0 Å². The molecule has 2 heterocycles. The zero-order valence-electron chi connectivity index (χ0n) is 7.49. The quantitative estimate of drug-likeness (QED) is 0.853. The zero-order valence-corrected chi connectivity index (χ0v) is 9.06. The largest absolute Gasteiger partial charge is 0.316 e. The van der Waals surface area contributed by atoms with Gasteiger partial charge in [-0.05, 0) is 19.1 Å². The van der Waals surface area contributed by atoms with Crippen molar-refractivity contribution >= 4 is 33.9 Å². The highest BCUT2D eigenvalue weighted by Crippen LogP contribution is 2.20. The summed E-state index contributed by atoms with van der Waals surface area (Å²) in [5.41, 5.74) is 0. The molecule has 14 heavy (non-hydrogen) atoms. The summed E-state index contributed by atoms with van der Waals surface area (Å²) in [5, 5.41) is 4.56. The second-order valence-electron chi connectivity index (χ2n) is 2.76. The van der Waals surface area contributed by atoms with Crippen LogP contribution in [-0.4, -0.2) is 9.97 Å². The lowest BCUT2D eigenvalue weighted by molar-refractivity contribution is 1.28. The molecular weight excluding hydrogens is 218 g/mol. The van der Waals surface area contributed by atoms with Gasteiger partial charge in [-0.2, -0.15) is 0 Å². The first kappa shape index (κ1) is 9.43. The molecule has 0 amide bonds. The van der Waals surface area contributed by atoms with Gasteiger partial charge in [-0.1, -0.05) is 11.6 Å². The molecule has 0 aliphatic carbocycles. The van der Waals surface area contributed by atoms with E-state index in [1.54, 1.807) is 23.6 Å². The minimum absolute atomic E-state index is 0.630. The fourth-order valence-corrected chi connectivity index (χ4v) is 1.76. The Morgan fingerprint density at radius 3 is 2.71 bits per heavy atom. The number of rotatable bonds is 2.